The number of hydrogen-bond acceptors (Lipinski definition) is 2. The second-order valence-corrected chi connectivity index (χ2v) is 3.68. The lowest BCUT2D eigenvalue weighted by Crippen LogP contribution is -2.03. The highest BCUT2D eigenvalue weighted by atomic mass is 19.3. The van der Waals surface area contributed by atoms with E-state index >= 15 is 0 Å². The number of hydrogen-bond donors (Lipinski definition) is 0. The molecule has 0 radical (unpaired) electrons. The Morgan fingerprint density at radius 1 is 1.24 bits per heavy atom. The molecule has 5 heteroatoms. The Labute approximate surface area is 97.6 Å². The molecule has 0 atom stereocenters. The largest absolute Gasteiger partial charge is 0.435 e. The first-order valence-corrected chi connectivity index (χ1v) is 5.17. The predicted molar refractivity (Wildman–Crippen MR) is 59.1 cm³/mol. The summed E-state index contributed by atoms with van der Waals surface area (Å²) in [7, 11) is 0. The van der Waals surface area contributed by atoms with Crippen LogP contribution in [0.1, 0.15) is 11.3 Å². The lowest BCUT2D eigenvalue weighted by atomic mass is 10.2. The van der Waals surface area contributed by atoms with Crippen LogP contribution < -0.4 is 4.74 Å². The molecule has 1 aromatic heterocycles. The van der Waals surface area contributed by atoms with Crippen molar-refractivity contribution in [3.8, 4) is 5.75 Å². The van der Waals surface area contributed by atoms with Gasteiger partial charge in [0.15, 0.2) is 0 Å². The molecule has 1 heterocycles. The van der Waals surface area contributed by atoms with E-state index in [0.29, 0.717) is 6.54 Å². The average Bonchev–Trinajstić information content (AvgIpc) is 2.66. The molecule has 0 N–H and O–H groups in total. The van der Waals surface area contributed by atoms with E-state index in [4.69, 9.17) is 0 Å². The molecule has 1 aromatic carbocycles. The summed E-state index contributed by atoms with van der Waals surface area (Å²) in [5.74, 6) is 0.167. The molecule has 0 saturated carbocycles. The number of ether oxygens (including phenoxy) is 1. The molecule has 0 spiro atoms. The molecule has 0 bridgehead atoms. The Morgan fingerprint density at radius 2 is 1.94 bits per heavy atom. The lowest BCUT2D eigenvalue weighted by molar-refractivity contribution is -0.0498. The van der Waals surface area contributed by atoms with E-state index in [1.54, 1.807) is 16.8 Å². The summed E-state index contributed by atoms with van der Waals surface area (Å²) in [4.78, 5) is 0. The number of benzene rings is 1. The molecule has 0 aliphatic rings. The molecule has 0 unspecified atom stereocenters. The molecule has 0 amide bonds. The van der Waals surface area contributed by atoms with Gasteiger partial charge in [-0.3, -0.25) is 4.68 Å². The van der Waals surface area contributed by atoms with Gasteiger partial charge in [-0.1, -0.05) is 12.1 Å². The zero-order valence-corrected chi connectivity index (χ0v) is 9.31. The fourth-order valence-electron chi connectivity index (χ4n) is 1.51. The van der Waals surface area contributed by atoms with Gasteiger partial charge in [-0.05, 0) is 30.7 Å². The van der Waals surface area contributed by atoms with E-state index in [0.717, 1.165) is 11.3 Å². The predicted octanol–water partition coefficient (Wildman–Crippen LogP) is 2.84. The Kier molecular flexibility index (Phi) is 3.37. The molecular weight excluding hydrogens is 226 g/mol. The van der Waals surface area contributed by atoms with Crippen molar-refractivity contribution in [3.63, 3.8) is 0 Å². The topological polar surface area (TPSA) is 27.1 Å². The van der Waals surface area contributed by atoms with E-state index in [-0.39, 0.29) is 5.75 Å². The first kappa shape index (κ1) is 11.6. The summed E-state index contributed by atoms with van der Waals surface area (Å²) in [5.41, 5.74) is 1.93. The van der Waals surface area contributed by atoms with Crippen LogP contribution in [-0.2, 0) is 6.54 Å². The van der Waals surface area contributed by atoms with E-state index in [1.807, 2.05) is 19.2 Å². The number of aryl methyl sites for hydroxylation is 1. The Bertz CT molecular complexity index is 480. The van der Waals surface area contributed by atoms with Gasteiger partial charge in [0, 0.05) is 6.20 Å². The van der Waals surface area contributed by atoms with Gasteiger partial charge in [-0.15, -0.1) is 0 Å². The average molecular weight is 238 g/mol. The molecular formula is C12H12F2N2O. The van der Waals surface area contributed by atoms with Crippen molar-refractivity contribution in [1.82, 2.24) is 9.78 Å². The Morgan fingerprint density at radius 3 is 2.47 bits per heavy atom. The third-order valence-electron chi connectivity index (χ3n) is 2.27. The smallest absolute Gasteiger partial charge is 0.387 e. The highest BCUT2D eigenvalue weighted by molar-refractivity contribution is 5.27. The lowest BCUT2D eigenvalue weighted by Gasteiger charge is -2.06. The summed E-state index contributed by atoms with van der Waals surface area (Å²) in [6.45, 7) is -0.256. The van der Waals surface area contributed by atoms with Crippen molar-refractivity contribution in [2.24, 2.45) is 0 Å². The fourth-order valence-corrected chi connectivity index (χ4v) is 1.51. The van der Waals surface area contributed by atoms with Gasteiger partial charge < -0.3 is 4.74 Å². The maximum absolute atomic E-state index is 11.9. The van der Waals surface area contributed by atoms with Crippen molar-refractivity contribution in [3.05, 3.63) is 47.8 Å². The van der Waals surface area contributed by atoms with Gasteiger partial charge in [-0.2, -0.15) is 13.9 Å². The molecule has 3 nitrogen and oxygen atoms in total. The minimum Gasteiger partial charge on any atom is -0.435 e. The number of alkyl halides is 2. The van der Waals surface area contributed by atoms with Crippen LogP contribution >= 0.6 is 0 Å². The highest BCUT2D eigenvalue weighted by Crippen LogP contribution is 2.15. The standard InChI is InChI=1S/C12H12F2N2O/c1-9-6-7-16(15-9)8-10-2-4-11(5-3-10)17-12(13)14/h2-7,12H,8H2,1H3. The molecule has 0 fully saturated rings. The van der Waals surface area contributed by atoms with Crippen molar-refractivity contribution in [2.45, 2.75) is 20.1 Å². The molecule has 17 heavy (non-hydrogen) atoms. The van der Waals surface area contributed by atoms with Crippen molar-refractivity contribution < 1.29 is 13.5 Å². The molecule has 0 aliphatic carbocycles. The summed E-state index contributed by atoms with van der Waals surface area (Å²) >= 11 is 0. The molecule has 0 aliphatic heterocycles. The summed E-state index contributed by atoms with van der Waals surface area (Å²) in [6, 6.07) is 8.45. The van der Waals surface area contributed by atoms with Gasteiger partial charge in [0.1, 0.15) is 5.75 Å². The van der Waals surface area contributed by atoms with Gasteiger partial charge >= 0.3 is 6.61 Å². The number of nitrogens with zero attached hydrogens (tertiary/aromatic N) is 2. The minimum atomic E-state index is -2.78. The summed E-state index contributed by atoms with van der Waals surface area (Å²) in [6.07, 6.45) is 1.87. The van der Waals surface area contributed by atoms with Crippen LogP contribution in [-0.4, -0.2) is 16.4 Å². The third kappa shape index (κ3) is 3.27. The number of aromatic nitrogens is 2. The van der Waals surface area contributed by atoms with Gasteiger partial charge in [-0.25, -0.2) is 0 Å². The number of halogens is 2. The van der Waals surface area contributed by atoms with Crippen LogP contribution in [0.5, 0.6) is 5.75 Å². The van der Waals surface area contributed by atoms with Crippen LogP contribution in [0.15, 0.2) is 36.5 Å². The van der Waals surface area contributed by atoms with Gasteiger partial charge in [0.05, 0.1) is 12.2 Å². The van der Waals surface area contributed by atoms with Crippen molar-refractivity contribution >= 4 is 0 Å². The third-order valence-corrected chi connectivity index (χ3v) is 2.27. The zero-order valence-electron chi connectivity index (χ0n) is 9.31. The van der Waals surface area contributed by atoms with Crippen molar-refractivity contribution in [2.75, 3.05) is 0 Å². The van der Waals surface area contributed by atoms with Crippen LogP contribution in [0, 0.1) is 6.92 Å². The van der Waals surface area contributed by atoms with E-state index in [1.165, 1.54) is 12.1 Å². The van der Waals surface area contributed by atoms with E-state index < -0.39 is 6.61 Å². The van der Waals surface area contributed by atoms with Crippen LogP contribution in [0.2, 0.25) is 0 Å². The molecule has 0 saturated heterocycles. The van der Waals surface area contributed by atoms with Crippen LogP contribution in [0.3, 0.4) is 0 Å². The molecule has 2 aromatic rings. The Hall–Kier alpha value is -1.91. The zero-order chi connectivity index (χ0) is 12.3. The highest BCUT2D eigenvalue weighted by Gasteiger charge is 2.04. The second kappa shape index (κ2) is 4.95. The van der Waals surface area contributed by atoms with Gasteiger partial charge in [0.25, 0.3) is 0 Å². The maximum Gasteiger partial charge on any atom is 0.387 e. The second-order valence-electron chi connectivity index (χ2n) is 3.68. The maximum atomic E-state index is 11.9. The van der Waals surface area contributed by atoms with E-state index in [9.17, 15) is 8.78 Å². The summed E-state index contributed by atoms with van der Waals surface area (Å²) in [5, 5.41) is 4.24. The first-order valence-electron chi connectivity index (χ1n) is 5.17. The Balaban J connectivity index is 2.03. The molecule has 2 rings (SSSR count). The normalized spacial score (nSPS) is 10.8. The van der Waals surface area contributed by atoms with Gasteiger partial charge in [0.2, 0.25) is 0 Å². The number of rotatable bonds is 4. The first-order chi connectivity index (χ1) is 8.13. The van der Waals surface area contributed by atoms with Crippen molar-refractivity contribution in [1.29, 1.82) is 0 Å². The fraction of sp³-hybridized carbons (Fsp3) is 0.250. The SMILES string of the molecule is Cc1ccn(Cc2ccc(OC(F)F)cc2)n1. The van der Waals surface area contributed by atoms with Crippen LogP contribution in [0.4, 0.5) is 8.78 Å². The van der Waals surface area contributed by atoms with Crippen LogP contribution in [0.25, 0.3) is 0 Å². The molecule has 90 valence electrons. The monoisotopic (exact) mass is 238 g/mol. The van der Waals surface area contributed by atoms with E-state index in [2.05, 4.69) is 9.84 Å². The minimum absolute atomic E-state index is 0.167. The summed E-state index contributed by atoms with van der Waals surface area (Å²) < 4.78 is 29.9. The quantitative estimate of drug-likeness (QED) is 0.819.